The van der Waals surface area contributed by atoms with Gasteiger partial charge in [0.05, 0.1) is 12.3 Å². The molecule has 1 aromatic rings. The fourth-order valence-corrected chi connectivity index (χ4v) is 1.65. The summed E-state index contributed by atoms with van der Waals surface area (Å²) in [5.74, 6) is 0.709. The number of ether oxygens (including phenoxy) is 1. The molecule has 0 radical (unpaired) electrons. The van der Waals surface area contributed by atoms with Gasteiger partial charge < -0.3 is 10.1 Å². The Morgan fingerprint density at radius 1 is 1.57 bits per heavy atom. The first-order chi connectivity index (χ1) is 6.79. The maximum Gasteiger partial charge on any atom is 0.148 e. The second kappa shape index (κ2) is 4.11. The van der Waals surface area contributed by atoms with Gasteiger partial charge in [-0.15, -0.1) is 0 Å². The van der Waals surface area contributed by atoms with Crippen molar-refractivity contribution >= 4 is 17.4 Å². The topological polar surface area (TPSA) is 47.0 Å². The van der Waals surface area contributed by atoms with Crippen molar-refractivity contribution in [3.8, 4) is 0 Å². The van der Waals surface area contributed by atoms with Crippen LogP contribution in [0.2, 0.25) is 5.02 Å². The summed E-state index contributed by atoms with van der Waals surface area (Å²) < 4.78 is 5.18. The number of nitrogens with one attached hydrogen (secondary N) is 1. The zero-order valence-corrected chi connectivity index (χ0v) is 8.66. The zero-order chi connectivity index (χ0) is 9.97. The minimum atomic E-state index is 0.383. The number of hydrogen-bond donors (Lipinski definition) is 1. The molecule has 1 aliphatic rings. The van der Waals surface area contributed by atoms with E-state index in [-0.39, 0.29) is 0 Å². The molecule has 1 saturated carbocycles. The summed E-state index contributed by atoms with van der Waals surface area (Å²) in [7, 11) is 1.73. The minimum Gasteiger partial charge on any atom is -0.381 e. The number of halogens is 1. The molecular formula is C9H12ClN3O. The summed E-state index contributed by atoms with van der Waals surface area (Å²) in [5, 5.41) is 3.81. The van der Waals surface area contributed by atoms with Crippen molar-refractivity contribution in [2.75, 3.05) is 12.4 Å². The van der Waals surface area contributed by atoms with E-state index in [1.165, 1.54) is 6.33 Å². The highest BCUT2D eigenvalue weighted by atomic mass is 35.5. The smallest absolute Gasteiger partial charge is 0.148 e. The normalized spacial score (nSPS) is 25.6. The van der Waals surface area contributed by atoms with Gasteiger partial charge in [-0.25, -0.2) is 9.97 Å². The van der Waals surface area contributed by atoms with E-state index in [0.717, 1.165) is 12.8 Å². The number of hydrogen-bond acceptors (Lipinski definition) is 4. The van der Waals surface area contributed by atoms with E-state index < -0.39 is 0 Å². The molecule has 14 heavy (non-hydrogen) atoms. The predicted octanol–water partition coefficient (Wildman–Crippen LogP) is 1.72. The summed E-state index contributed by atoms with van der Waals surface area (Å²) in [6.07, 6.45) is 5.48. The van der Waals surface area contributed by atoms with Gasteiger partial charge in [0.1, 0.15) is 17.2 Å². The fraction of sp³-hybridized carbons (Fsp3) is 0.556. The largest absolute Gasteiger partial charge is 0.381 e. The number of rotatable bonds is 3. The third kappa shape index (κ3) is 1.96. The van der Waals surface area contributed by atoms with Crippen molar-refractivity contribution in [1.82, 2.24) is 9.97 Å². The zero-order valence-electron chi connectivity index (χ0n) is 7.90. The monoisotopic (exact) mass is 213 g/mol. The molecule has 0 aliphatic heterocycles. The molecule has 0 spiro atoms. The summed E-state index contributed by atoms with van der Waals surface area (Å²) >= 11 is 5.90. The van der Waals surface area contributed by atoms with Crippen molar-refractivity contribution in [3.63, 3.8) is 0 Å². The average molecular weight is 214 g/mol. The van der Waals surface area contributed by atoms with Gasteiger partial charge in [-0.05, 0) is 12.8 Å². The van der Waals surface area contributed by atoms with Crippen molar-refractivity contribution in [2.24, 2.45) is 0 Å². The standard InChI is InChI=1S/C9H12ClN3O/c1-14-7-2-6(3-7)13-9-8(10)4-11-5-12-9/h4-7H,2-3H2,1H3,(H,11,12,13). The van der Waals surface area contributed by atoms with Crippen LogP contribution < -0.4 is 5.32 Å². The van der Waals surface area contributed by atoms with Crippen LogP contribution in [0.4, 0.5) is 5.82 Å². The molecule has 1 heterocycles. The lowest BCUT2D eigenvalue weighted by atomic mass is 9.89. The molecule has 0 bridgehead atoms. The highest BCUT2D eigenvalue weighted by Gasteiger charge is 2.29. The Morgan fingerprint density at radius 3 is 3.00 bits per heavy atom. The van der Waals surface area contributed by atoms with Crippen LogP contribution in [0, 0.1) is 0 Å². The van der Waals surface area contributed by atoms with E-state index in [0.29, 0.717) is 23.0 Å². The second-order valence-corrected chi connectivity index (χ2v) is 3.80. The van der Waals surface area contributed by atoms with E-state index >= 15 is 0 Å². The van der Waals surface area contributed by atoms with Crippen LogP contribution in [0.5, 0.6) is 0 Å². The SMILES string of the molecule is COC1CC(Nc2ncncc2Cl)C1. The molecule has 0 aromatic carbocycles. The van der Waals surface area contributed by atoms with Gasteiger partial charge in [0.15, 0.2) is 0 Å². The second-order valence-electron chi connectivity index (χ2n) is 3.39. The van der Waals surface area contributed by atoms with E-state index in [2.05, 4.69) is 15.3 Å². The summed E-state index contributed by atoms with van der Waals surface area (Å²) in [6.45, 7) is 0. The van der Waals surface area contributed by atoms with Crippen LogP contribution in [-0.2, 0) is 4.74 Å². The van der Waals surface area contributed by atoms with Gasteiger partial charge >= 0.3 is 0 Å². The average Bonchev–Trinajstić information content (AvgIpc) is 2.13. The van der Waals surface area contributed by atoms with Crippen molar-refractivity contribution < 1.29 is 4.74 Å². The van der Waals surface area contributed by atoms with Gasteiger partial charge in [-0.3, -0.25) is 0 Å². The van der Waals surface area contributed by atoms with Crippen LogP contribution in [0.3, 0.4) is 0 Å². The molecular weight excluding hydrogens is 202 g/mol. The third-order valence-corrected chi connectivity index (χ3v) is 2.71. The van der Waals surface area contributed by atoms with Crippen LogP contribution in [0.15, 0.2) is 12.5 Å². The summed E-state index contributed by atoms with van der Waals surface area (Å²) in [5.41, 5.74) is 0. The Kier molecular flexibility index (Phi) is 2.84. The van der Waals surface area contributed by atoms with Gasteiger partial charge in [0.25, 0.3) is 0 Å². The molecule has 0 saturated heterocycles. The Morgan fingerprint density at radius 2 is 2.36 bits per heavy atom. The number of aromatic nitrogens is 2. The third-order valence-electron chi connectivity index (χ3n) is 2.44. The first-order valence-electron chi connectivity index (χ1n) is 4.54. The molecule has 1 fully saturated rings. The molecule has 1 aliphatic carbocycles. The summed E-state index contributed by atoms with van der Waals surface area (Å²) in [6, 6.07) is 0.423. The van der Waals surface area contributed by atoms with Crippen LogP contribution in [-0.4, -0.2) is 29.2 Å². The Hall–Kier alpha value is -0.870. The number of anilines is 1. The Bertz CT molecular complexity index is 315. The fourth-order valence-electron chi connectivity index (χ4n) is 1.49. The van der Waals surface area contributed by atoms with Crippen LogP contribution in [0.1, 0.15) is 12.8 Å². The number of nitrogens with zero attached hydrogens (tertiary/aromatic N) is 2. The predicted molar refractivity (Wildman–Crippen MR) is 54.5 cm³/mol. The highest BCUT2D eigenvalue weighted by molar-refractivity contribution is 6.32. The maximum absolute atomic E-state index is 5.90. The van der Waals surface area contributed by atoms with E-state index in [9.17, 15) is 0 Å². The highest BCUT2D eigenvalue weighted by Crippen LogP contribution is 2.27. The molecule has 2 rings (SSSR count). The minimum absolute atomic E-state index is 0.383. The molecule has 1 N–H and O–H groups in total. The van der Waals surface area contributed by atoms with E-state index in [1.54, 1.807) is 13.3 Å². The molecule has 0 atom stereocenters. The molecule has 0 unspecified atom stereocenters. The van der Waals surface area contributed by atoms with Crippen LogP contribution >= 0.6 is 11.6 Å². The molecule has 76 valence electrons. The van der Waals surface area contributed by atoms with E-state index in [1.807, 2.05) is 0 Å². The molecule has 5 heteroatoms. The van der Waals surface area contributed by atoms with Crippen LogP contribution in [0.25, 0.3) is 0 Å². The molecule has 0 amide bonds. The van der Waals surface area contributed by atoms with Gasteiger partial charge in [0.2, 0.25) is 0 Å². The van der Waals surface area contributed by atoms with Gasteiger partial charge in [0, 0.05) is 13.2 Å². The lowest BCUT2D eigenvalue weighted by Gasteiger charge is -2.34. The Labute approximate surface area is 87.7 Å². The quantitative estimate of drug-likeness (QED) is 0.831. The van der Waals surface area contributed by atoms with E-state index in [4.69, 9.17) is 16.3 Å². The van der Waals surface area contributed by atoms with Crippen molar-refractivity contribution in [1.29, 1.82) is 0 Å². The summed E-state index contributed by atoms with van der Waals surface area (Å²) in [4.78, 5) is 7.88. The lowest BCUT2D eigenvalue weighted by Crippen LogP contribution is -2.40. The maximum atomic E-state index is 5.90. The number of methoxy groups -OCH3 is 1. The molecule has 4 nitrogen and oxygen atoms in total. The lowest BCUT2D eigenvalue weighted by molar-refractivity contribution is 0.0328. The Balaban J connectivity index is 1.90. The first kappa shape index (κ1) is 9.68. The van der Waals surface area contributed by atoms with Crippen molar-refractivity contribution in [3.05, 3.63) is 17.5 Å². The van der Waals surface area contributed by atoms with Gasteiger partial charge in [-0.1, -0.05) is 11.6 Å². The molecule has 1 aromatic heterocycles. The van der Waals surface area contributed by atoms with Crippen molar-refractivity contribution in [2.45, 2.75) is 25.0 Å². The van der Waals surface area contributed by atoms with Gasteiger partial charge in [-0.2, -0.15) is 0 Å². The first-order valence-corrected chi connectivity index (χ1v) is 4.92.